The Labute approximate surface area is 223 Å². The molecule has 2 aromatic heterocycles. The topological polar surface area (TPSA) is 50.2 Å². The van der Waals surface area contributed by atoms with E-state index in [1.165, 1.54) is 12.1 Å². The molecule has 9 heteroatoms. The molecular formula is C27H22Cl3FN4O. The van der Waals surface area contributed by atoms with E-state index in [0.29, 0.717) is 46.8 Å². The second-order valence-corrected chi connectivity index (χ2v) is 9.83. The van der Waals surface area contributed by atoms with Gasteiger partial charge in [0.05, 0.1) is 15.6 Å². The Bertz CT molecular complexity index is 1480. The Balaban J connectivity index is 1.36. The second-order valence-electron chi connectivity index (χ2n) is 8.63. The van der Waals surface area contributed by atoms with E-state index in [1.807, 2.05) is 18.2 Å². The summed E-state index contributed by atoms with van der Waals surface area (Å²) in [5.74, 6) is -0.328. The largest absolute Gasteiger partial charge is 0.333 e. The molecule has 0 unspecified atom stereocenters. The summed E-state index contributed by atoms with van der Waals surface area (Å²) in [6, 6.07) is 13.3. The highest BCUT2D eigenvalue weighted by Crippen LogP contribution is 2.31. The number of carbonyl (C=O) groups excluding carboxylic acids is 1. The van der Waals surface area contributed by atoms with Gasteiger partial charge in [-0.1, -0.05) is 53.0 Å². The molecule has 5 rings (SSSR count). The number of pyridine rings is 1. The van der Waals surface area contributed by atoms with Crippen LogP contribution >= 0.6 is 34.8 Å². The summed E-state index contributed by atoms with van der Waals surface area (Å²) in [6.45, 7) is 2.39. The number of carbonyl (C=O) groups is 1. The van der Waals surface area contributed by atoms with Crippen LogP contribution in [0, 0.1) is 5.82 Å². The molecule has 1 aliphatic heterocycles. The Hall–Kier alpha value is -2.90. The summed E-state index contributed by atoms with van der Waals surface area (Å²) in [4.78, 5) is 19.5. The lowest BCUT2D eigenvalue weighted by atomic mass is 10.0. The molecule has 0 atom stereocenters. The van der Waals surface area contributed by atoms with Gasteiger partial charge in [0, 0.05) is 49.9 Å². The first-order valence-electron chi connectivity index (χ1n) is 11.4. The predicted octanol–water partition coefficient (Wildman–Crippen LogP) is 6.97. The van der Waals surface area contributed by atoms with Gasteiger partial charge in [-0.2, -0.15) is 0 Å². The lowest BCUT2D eigenvalue weighted by Gasteiger charge is -2.27. The first-order chi connectivity index (χ1) is 17.4. The maximum Gasteiger partial charge on any atom is 0.326 e. The van der Waals surface area contributed by atoms with Gasteiger partial charge in [-0.15, -0.1) is 0 Å². The fourth-order valence-corrected chi connectivity index (χ4v) is 5.04. The molecule has 0 saturated heterocycles. The number of aromatic nitrogens is 2. The van der Waals surface area contributed by atoms with Gasteiger partial charge in [0.25, 0.3) is 0 Å². The van der Waals surface area contributed by atoms with Gasteiger partial charge < -0.3 is 5.32 Å². The zero-order valence-electron chi connectivity index (χ0n) is 19.1. The van der Waals surface area contributed by atoms with Crippen molar-refractivity contribution in [3.8, 4) is 0 Å². The standard InChI is InChI=1S/C27H22Cl3FN4O/c28-22-5-3-17(12-23(22)29)2-1-10-34-11-8-25-21(16-34)20-14-19(31)4-6-24(20)35(25)27(36)33-15-18-7-9-32-26(30)13-18/h1-7,9,12-14H,8,10-11,15-16H2,(H,33,36)/b2-1+. The molecule has 0 aliphatic carbocycles. The fraction of sp³-hybridized carbons (Fsp3) is 0.185. The van der Waals surface area contributed by atoms with Crippen molar-refractivity contribution >= 4 is 57.8 Å². The highest BCUT2D eigenvalue weighted by atomic mass is 35.5. The van der Waals surface area contributed by atoms with Gasteiger partial charge in [0.15, 0.2) is 0 Å². The van der Waals surface area contributed by atoms with Crippen molar-refractivity contribution in [1.82, 2.24) is 19.8 Å². The highest BCUT2D eigenvalue weighted by molar-refractivity contribution is 6.42. The number of hydrogen-bond donors (Lipinski definition) is 1. The van der Waals surface area contributed by atoms with Gasteiger partial charge >= 0.3 is 6.03 Å². The Kier molecular flexibility index (Phi) is 7.30. The van der Waals surface area contributed by atoms with E-state index in [2.05, 4.69) is 21.3 Å². The highest BCUT2D eigenvalue weighted by Gasteiger charge is 2.26. The number of rotatable bonds is 5. The first-order valence-corrected chi connectivity index (χ1v) is 12.6. The number of amides is 1. The van der Waals surface area contributed by atoms with E-state index in [9.17, 15) is 9.18 Å². The minimum atomic E-state index is -0.328. The molecule has 0 fully saturated rings. The SMILES string of the molecule is O=C(NCc1ccnc(Cl)c1)n1c2c(c3cc(F)ccc31)CN(C/C=C/c1ccc(Cl)c(Cl)c1)CC2. The lowest BCUT2D eigenvalue weighted by molar-refractivity contribution is 0.240. The van der Waals surface area contributed by atoms with Crippen LogP contribution in [0.1, 0.15) is 22.4 Å². The maximum atomic E-state index is 14.2. The van der Waals surface area contributed by atoms with Crippen LogP contribution in [0.2, 0.25) is 15.2 Å². The summed E-state index contributed by atoms with van der Waals surface area (Å²) in [6.07, 6.45) is 6.33. The fourth-order valence-electron chi connectivity index (χ4n) is 4.54. The van der Waals surface area contributed by atoms with Crippen LogP contribution in [-0.4, -0.2) is 33.6 Å². The van der Waals surface area contributed by atoms with Crippen LogP contribution < -0.4 is 5.32 Å². The number of benzene rings is 2. The average molecular weight is 544 g/mol. The Morgan fingerprint density at radius 1 is 1.08 bits per heavy atom. The second kappa shape index (κ2) is 10.6. The third-order valence-corrected chi connectivity index (χ3v) is 7.19. The summed E-state index contributed by atoms with van der Waals surface area (Å²) in [5, 5.41) is 5.12. The normalized spacial score (nSPS) is 13.9. The maximum absolute atomic E-state index is 14.2. The number of nitrogens with one attached hydrogen (secondary N) is 1. The summed E-state index contributed by atoms with van der Waals surface area (Å²) >= 11 is 18.1. The molecule has 5 nitrogen and oxygen atoms in total. The molecule has 1 aliphatic rings. The molecule has 184 valence electrons. The zero-order chi connectivity index (χ0) is 25.2. The van der Waals surface area contributed by atoms with E-state index in [4.69, 9.17) is 34.8 Å². The zero-order valence-corrected chi connectivity index (χ0v) is 21.4. The molecule has 1 N–H and O–H groups in total. The van der Waals surface area contributed by atoms with Crippen LogP contribution in [0.5, 0.6) is 0 Å². The molecule has 0 radical (unpaired) electrons. The van der Waals surface area contributed by atoms with Crippen LogP contribution in [0.3, 0.4) is 0 Å². The number of hydrogen-bond acceptors (Lipinski definition) is 3. The van der Waals surface area contributed by atoms with Crippen molar-refractivity contribution in [2.24, 2.45) is 0 Å². The van der Waals surface area contributed by atoms with Gasteiger partial charge in [-0.3, -0.25) is 9.47 Å². The van der Waals surface area contributed by atoms with Crippen LogP contribution in [0.25, 0.3) is 17.0 Å². The van der Waals surface area contributed by atoms with Crippen molar-refractivity contribution in [1.29, 1.82) is 0 Å². The molecule has 1 amide bonds. The van der Waals surface area contributed by atoms with Crippen LogP contribution in [-0.2, 0) is 19.5 Å². The van der Waals surface area contributed by atoms with Gasteiger partial charge in [0.1, 0.15) is 11.0 Å². The van der Waals surface area contributed by atoms with Gasteiger partial charge in [-0.05, 0) is 59.2 Å². The number of fused-ring (bicyclic) bond motifs is 3. The summed E-state index contributed by atoms with van der Waals surface area (Å²) < 4.78 is 15.9. The van der Waals surface area contributed by atoms with Crippen molar-refractivity contribution in [3.05, 3.63) is 104 Å². The van der Waals surface area contributed by atoms with E-state index >= 15 is 0 Å². The van der Waals surface area contributed by atoms with E-state index in [1.54, 1.807) is 35.0 Å². The monoisotopic (exact) mass is 542 g/mol. The van der Waals surface area contributed by atoms with Gasteiger partial charge in [0.2, 0.25) is 0 Å². The third-order valence-electron chi connectivity index (χ3n) is 6.24. The van der Waals surface area contributed by atoms with Crippen molar-refractivity contribution in [3.63, 3.8) is 0 Å². The van der Waals surface area contributed by atoms with E-state index in [0.717, 1.165) is 34.3 Å². The quantitative estimate of drug-likeness (QED) is 0.277. The minimum Gasteiger partial charge on any atom is -0.333 e. The van der Waals surface area contributed by atoms with Crippen molar-refractivity contribution < 1.29 is 9.18 Å². The molecule has 3 heterocycles. The minimum absolute atomic E-state index is 0.256. The third kappa shape index (κ3) is 5.27. The first kappa shape index (κ1) is 24.8. The molecule has 0 bridgehead atoms. The smallest absolute Gasteiger partial charge is 0.326 e. The number of nitrogens with zero attached hydrogens (tertiary/aromatic N) is 3. The average Bonchev–Trinajstić information content (AvgIpc) is 3.18. The van der Waals surface area contributed by atoms with Crippen LogP contribution in [0.4, 0.5) is 9.18 Å². The lowest BCUT2D eigenvalue weighted by Crippen LogP contribution is -2.34. The van der Waals surface area contributed by atoms with Crippen LogP contribution in [0.15, 0.2) is 60.8 Å². The summed E-state index contributed by atoms with van der Waals surface area (Å²) in [5.41, 5.74) is 4.39. The molecular weight excluding hydrogens is 522 g/mol. The van der Waals surface area contributed by atoms with Crippen molar-refractivity contribution in [2.75, 3.05) is 13.1 Å². The molecule has 0 spiro atoms. The molecule has 2 aromatic carbocycles. The Morgan fingerprint density at radius 3 is 2.75 bits per heavy atom. The molecule has 0 saturated carbocycles. The van der Waals surface area contributed by atoms with Gasteiger partial charge in [-0.25, -0.2) is 14.2 Å². The summed E-state index contributed by atoms with van der Waals surface area (Å²) in [7, 11) is 0. The number of halogens is 4. The molecule has 36 heavy (non-hydrogen) atoms. The van der Waals surface area contributed by atoms with E-state index < -0.39 is 0 Å². The Morgan fingerprint density at radius 2 is 1.94 bits per heavy atom. The van der Waals surface area contributed by atoms with E-state index in [-0.39, 0.29) is 11.8 Å². The molecule has 4 aromatic rings. The predicted molar refractivity (Wildman–Crippen MR) is 143 cm³/mol. The van der Waals surface area contributed by atoms with Crippen molar-refractivity contribution in [2.45, 2.75) is 19.5 Å².